The van der Waals surface area contributed by atoms with Crippen molar-refractivity contribution in [1.29, 1.82) is 0 Å². The molecule has 1 saturated carbocycles. The summed E-state index contributed by atoms with van der Waals surface area (Å²) in [7, 11) is 0. The van der Waals surface area contributed by atoms with E-state index in [1.165, 1.54) is 0 Å². The molecule has 0 bridgehead atoms. The zero-order chi connectivity index (χ0) is 23.1. The number of hydrazone groups is 1. The molecule has 1 aromatic rings. The third-order valence-electron chi connectivity index (χ3n) is 6.07. The first-order valence-electron chi connectivity index (χ1n) is 10.9. The molecule has 0 spiro atoms. The van der Waals surface area contributed by atoms with E-state index in [1.54, 1.807) is 12.1 Å². The van der Waals surface area contributed by atoms with Crippen molar-refractivity contribution in [3.05, 3.63) is 29.3 Å². The number of hydrogen-bond acceptors (Lipinski definition) is 7. The first-order valence-corrected chi connectivity index (χ1v) is 10.9. The second-order valence-electron chi connectivity index (χ2n) is 8.19. The van der Waals surface area contributed by atoms with Gasteiger partial charge in [-0.1, -0.05) is 12.5 Å². The lowest BCUT2D eigenvalue weighted by molar-refractivity contribution is -0.124. The molecule has 1 aliphatic carbocycles. The normalized spacial score (nSPS) is 21.3. The number of carbonyl (C=O) groups is 3. The van der Waals surface area contributed by atoms with Crippen molar-refractivity contribution in [3.63, 3.8) is 0 Å². The van der Waals surface area contributed by atoms with Crippen LogP contribution in [0.2, 0.25) is 0 Å². The Hall–Kier alpha value is -3.18. The molecule has 3 amide bonds. The van der Waals surface area contributed by atoms with Crippen LogP contribution in [0.25, 0.3) is 0 Å². The van der Waals surface area contributed by atoms with Gasteiger partial charge in [0.2, 0.25) is 11.8 Å². The van der Waals surface area contributed by atoms with E-state index in [0.29, 0.717) is 49.3 Å². The van der Waals surface area contributed by atoms with Gasteiger partial charge >= 0.3 is 0 Å². The summed E-state index contributed by atoms with van der Waals surface area (Å²) in [6.45, 7) is 0.400. The molecule has 10 N–H and O–H groups in total. The van der Waals surface area contributed by atoms with E-state index in [0.717, 1.165) is 24.8 Å². The molecular formula is C21H32N8O3. The van der Waals surface area contributed by atoms with Crippen LogP contribution in [-0.2, 0) is 16.0 Å². The Morgan fingerprint density at radius 1 is 1.25 bits per heavy atom. The highest BCUT2D eigenvalue weighted by molar-refractivity contribution is 6.00. The SMILES string of the molecule is NCCCC(NC(=O)c1ccc2c(c1)NC(=O)CC2)C(=O)NC1CCCC1/C(=N/N)NN. The Bertz CT molecular complexity index is 888. The van der Waals surface area contributed by atoms with Crippen LogP contribution in [0.4, 0.5) is 5.69 Å². The van der Waals surface area contributed by atoms with E-state index >= 15 is 0 Å². The molecule has 3 unspecified atom stereocenters. The number of nitrogens with zero attached hydrogens (tertiary/aromatic N) is 1. The van der Waals surface area contributed by atoms with Crippen molar-refractivity contribution in [2.24, 2.45) is 28.4 Å². The lowest BCUT2D eigenvalue weighted by atomic mass is 10.00. The van der Waals surface area contributed by atoms with Gasteiger partial charge in [-0.2, -0.15) is 5.10 Å². The molecule has 2 aliphatic rings. The third-order valence-corrected chi connectivity index (χ3v) is 6.07. The van der Waals surface area contributed by atoms with Gasteiger partial charge in [0.25, 0.3) is 5.91 Å². The second-order valence-corrected chi connectivity index (χ2v) is 8.19. The first-order chi connectivity index (χ1) is 15.5. The van der Waals surface area contributed by atoms with Crippen LogP contribution in [0.5, 0.6) is 0 Å². The topological polar surface area (TPSA) is 190 Å². The van der Waals surface area contributed by atoms with Crippen LogP contribution >= 0.6 is 0 Å². The van der Waals surface area contributed by atoms with Gasteiger partial charge in [0.1, 0.15) is 11.9 Å². The van der Waals surface area contributed by atoms with Crippen LogP contribution in [-0.4, -0.2) is 42.2 Å². The Labute approximate surface area is 186 Å². The maximum atomic E-state index is 13.0. The minimum Gasteiger partial charge on any atom is -0.351 e. The molecule has 1 aliphatic heterocycles. The number of amides is 3. The molecule has 3 atom stereocenters. The Balaban J connectivity index is 1.69. The summed E-state index contributed by atoms with van der Waals surface area (Å²) in [5, 5.41) is 12.3. The summed E-state index contributed by atoms with van der Waals surface area (Å²) in [5.41, 5.74) is 10.1. The number of rotatable bonds is 8. The van der Waals surface area contributed by atoms with Crippen LogP contribution in [0.1, 0.15) is 54.4 Å². The fraction of sp³-hybridized carbons (Fsp3) is 0.524. The first kappa shape index (κ1) is 23.5. The molecule has 11 nitrogen and oxygen atoms in total. The fourth-order valence-electron chi connectivity index (χ4n) is 4.33. The molecule has 0 saturated heterocycles. The summed E-state index contributed by atoms with van der Waals surface area (Å²) in [6, 6.07) is 4.24. The zero-order valence-electron chi connectivity index (χ0n) is 18.0. The van der Waals surface area contributed by atoms with Crippen LogP contribution in [0.3, 0.4) is 0 Å². The summed E-state index contributed by atoms with van der Waals surface area (Å²) in [5.74, 6) is 10.5. The van der Waals surface area contributed by atoms with Gasteiger partial charge in [0, 0.05) is 29.6 Å². The summed E-state index contributed by atoms with van der Waals surface area (Å²) < 4.78 is 0. The van der Waals surface area contributed by atoms with Gasteiger partial charge in [-0.3, -0.25) is 14.4 Å². The average molecular weight is 445 g/mol. The molecule has 32 heavy (non-hydrogen) atoms. The van der Waals surface area contributed by atoms with E-state index in [9.17, 15) is 14.4 Å². The van der Waals surface area contributed by atoms with Gasteiger partial charge in [-0.25, -0.2) is 5.84 Å². The highest BCUT2D eigenvalue weighted by Crippen LogP contribution is 2.27. The van der Waals surface area contributed by atoms with Crippen LogP contribution < -0.4 is 38.8 Å². The molecule has 0 aromatic heterocycles. The van der Waals surface area contributed by atoms with E-state index in [4.69, 9.17) is 17.4 Å². The van der Waals surface area contributed by atoms with E-state index in [1.807, 2.05) is 6.07 Å². The number of benzene rings is 1. The highest BCUT2D eigenvalue weighted by Gasteiger charge is 2.34. The van der Waals surface area contributed by atoms with Gasteiger partial charge in [-0.15, -0.1) is 0 Å². The largest absolute Gasteiger partial charge is 0.351 e. The number of nitrogens with one attached hydrogen (secondary N) is 4. The molecule has 1 aromatic carbocycles. The van der Waals surface area contributed by atoms with Gasteiger partial charge in [-0.05, 0) is 56.3 Å². The van der Waals surface area contributed by atoms with Crippen molar-refractivity contribution >= 4 is 29.2 Å². The summed E-state index contributed by atoms with van der Waals surface area (Å²) in [6.07, 6.45) is 4.51. The van der Waals surface area contributed by atoms with E-state index in [-0.39, 0.29) is 29.7 Å². The fourth-order valence-corrected chi connectivity index (χ4v) is 4.33. The lowest BCUT2D eigenvalue weighted by Crippen LogP contribution is -2.52. The Morgan fingerprint density at radius 3 is 2.78 bits per heavy atom. The monoisotopic (exact) mass is 444 g/mol. The lowest BCUT2D eigenvalue weighted by Gasteiger charge is -2.25. The number of nitrogens with two attached hydrogens (primary N) is 3. The number of amidine groups is 1. The summed E-state index contributed by atoms with van der Waals surface area (Å²) in [4.78, 5) is 37.6. The number of fused-ring (bicyclic) bond motifs is 1. The maximum Gasteiger partial charge on any atom is 0.252 e. The number of hydrazine groups is 1. The number of hydrogen-bond donors (Lipinski definition) is 7. The van der Waals surface area contributed by atoms with Crippen LogP contribution in [0.15, 0.2) is 23.3 Å². The van der Waals surface area contributed by atoms with Gasteiger partial charge in [0.15, 0.2) is 0 Å². The number of anilines is 1. The van der Waals surface area contributed by atoms with Crippen molar-refractivity contribution in [2.75, 3.05) is 11.9 Å². The predicted octanol–water partition coefficient (Wildman–Crippen LogP) is -0.571. The molecule has 11 heteroatoms. The maximum absolute atomic E-state index is 13.0. The average Bonchev–Trinajstić information content (AvgIpc) is 3.24. The quantitative estimate of drug-likeness (QED) is 0.121. The molecule has 1 fully saturated rings. The molecule has 1 heterocycles. The minimum absolute atomic E-state index is 0.0752. The van der Waals surface area contributed by atoms with Crippen molar-refractivity contribution in [3.8, 4) is 0 Å². The zero-order valence-corrected chi connectivity index (χ0v) is 18.0. The number of aryl methyl sites for hydroxylation is 1. The van der Waals surface area contributed by atoms with Crippen molar-refractivity contribution in [1.82, 2.24) is 16.1 Å². The van der Waals surface area contributed by atoms with Crippen LogP contribution in [0, 0.1) is 5.92 Å². The number of carbonyl (C=O) groups excluding carboxylic acids is 3. The smallest absolute Gasteiger partial charge is 0.252 e. The molecule has 0 radical (unpaired) electrons. The van der Waals surface area contributed by atoms with Gasteiger partial charge < -0.3 is 33.0 Å². The van der Waals surface area contributed by atoms with E-state index < -0.39 is 6.04 Å². The third kappa shape index (κ3) is 5.54. The molecular weight excluding hydrogens is 412 g/mol. The van der Waals surface area contributed by atoms with Crippen molar-refractivity contribution < 1.29 is 14.4 Å². The summed E-state index contributed by atoms with van der Waals surface area (Å²) >= 11 is 0. The highest BCUT2D eigenvalue weighted by atomic mass is 16.2. The van der Waals surface area contributed by atoms with E-state index in [2.05, 4.69) is 26.5 Å². The second kappa shape index (κ2) is 10.9. The molecule has 174 valence electrons. The Kier molecular flexibility index (Phi) is 8.01. The minimum atomic E-state index is -0.748. The predicted molar refractivity (Wildman–Crippen MR) is 121 cm³/mol. The standard InChI is InChI=1S/C21H32N8O3/c22-10-2-5-16(21(32)26-15-4-1-3-14(15)19(28-23)29-24)27-20(31)13-7-6-12-8-9-18(30)25-17(12)11-13/h6-7,11,14-16H,1-5,8-10,22-24H2,(H,25,30)(H,26,32)(H,27,31)(H,28,29). The Morgan fingerprint density at radius 2 is 2.06 bits per heavy atom. The molecule has 3 rings (SSSR count). The van der Waals surface area contributed by atoms with Crippen molar-refractivity contribution in [2.45, 2.75) is 57.0 Å². The van der Waals surface area contributed by atoms with Gasteiger partial charge in [0.05, 0.1) is 0 Å².